The first-order valence-electron chi connectivity index (χ1n) is 6.89. The summed E-state index contributed by atoms with van der Waals surface area (Å²) in [6.07, 6.45) is 3.48. The summed E-state index contributed by atoms with van der Waals surface area (Å²) in [7, 11) is 0. The monoisotopic (exact) mass is 258 g/mol. The summed E-state index contributed by atoms with van der Waals surface area (Å²) in [4.78, 5) is 0. The van der Waals surface area contributed by atoms with E-state index in [2.05, 4.69) is 25.9 Å². The molecule has 19 heavy (non-hydrogen) atoms. The molecule has 0 aliphatic rings. The van der Waals surface area contributed by atoms with Crippen LogP contribution in [0.4, 0.5) is 0 Å². The zero-order valence-corrected chi connectivity index (χ0v) is 12.2. The maximum Gasteiger partial charge on any atom is 0.118 e. The first-order valence-corrected chi connectivity index (χ1v) is 6.89. The van der Waals surface area contributed by atoms with Crippen LogP contribution in [0.2, 0.25) is 0 Å². The van der Waals surface area contributed by atoms with Crippen molar-refractivity contribution in [2.24, 2.45) is 0 Å². The molecule has 2 rings (SSSR count). The van der Waals surface area contributed by atoms with Crippen LogP contribution in [0.1, 0.15) is 42.3 Å². The number of phenolic OH excluding ortho intramolecular Hbond substituents is 1. The lowest BCUT2D eigenvalue weighted by atomic mass is 10.1. The molecule has 2 aromatic rings. The highest BCUT2D eigenvalue weighted by Gasteiger charge is 2.12. The Balaban J connectivity index is 2.42. The third kappa shape index (κ3) is 2.65. The van der Waals surface area contributed by atoms with Crippen molar-refractivity contribution in [2.45, 2.75) is 47.0 Å². The normalized spacial score (nSPS) is 10.9. The molecule has 0 aliphatic carbocycles. The first-order chi connectivity index (χ1) is 9.04. The molecule has 0 saturated carbocycles. The fourth-order valence-corrected chi connectivity index (χ4v) is 2.41. The number of rotatable bonds is 4. The Kier molecular flexibility index (Phi) is 3.93. The van der Waals surface area contributed by atoms with Gasteiger partial charge >= 0.3 is 0 Å². The minimum absolute atomic E-state index is 0.330. The maximum absolute atomic E-state index is 9.61. The molecule has 1 aromatic heterocycles. The average molecular weight is 258 g/mol. The van der Waals surface area contributed by atoms with Gasteiger partial charge < -0.3 is 5.11 Å². The van der Waals surface area contributed by atoms with Gasteiger partial charge in [-0.25, -0.2) is 4.68 Å². The molecule has 0 saturated heterocycles. The number of aryl methyl sites for hydroxylation is 2. The standard InChI is InChI=1S/C16H22N2O/c1-5-6-7-15-12(3)17-18(13(15)4)14-8-9-16(19)11(2)10-14/h8-10,19H,5-7H2,1-4H3. The lowest BCUT2D eigenvalue weighted by Crippen LogP contribution is -2.00. The zero-order chi connectivity index (χ0) is 14.0. The number of hydrogen-bond acceptors (Lipinski definition) is 2. The third-order valence-electron chi connectivity index (χ3n) is 3.65. The second kappa shape index (κ2) is 5.47. The van der Waals surface area contributed by atoms with E-state index in [1.165, 1.54) is 24.1 Å². The second-order valence-corrected chi connectivity index (χ2v) is 5.14. The molecule has 0 atom stereocenters. The van der Waals surface area contributed by atoms with Crippen molar-refractivity contribution >= 4 is 0 Å². The fraction of sp³-hybridized carbons (Fsp3) is 0.438. The molecule has 0 unspecified atom stereocenters. The van der Waals surface area contributed by atoms with Crippen LogP contribution in [0.25, 0.3) is 5.69 Å². The highest BCUT2D eigenvalue weighted by atomic mass is 16.3. The molecular formula is C16H22N2O. The van der Waals surface area contributed by atoms with E-state index in [9.17, 15) is 5.11 Å². The van der Waals surface area contributed by atoms with E-state index in [4.69, 9.17) is 0 Å². The van der Waals surface area contributed by atoms with E-state index in [0.717, 1.165) is 23.4 Å². The van der Waals surface area contributed by atoms with Gasteiger partial charge in [0.25, 0.3) is 0 Å². The summed E-state index contributed by atoms with van der Waals surface area (Å²) in [5, 5.41) is 14.2. The van der Waals surface area contributed by atoms with Gasteiger partial charge in [-0.1, -0.05) is 13.3 Å². The van der Waals surface area contributed by atoms with Crippen molar-refractivity contribution in [3.8, 4) is 11.4 Å². The number of hydrogen-bond donors (Lipinski definition) is 1. The molecule has 0 amide bonds. The summed E-state index contributed by atoms with van der Waals surface area (Å²) in [6.45, 7) is 8.30. The van der Waals surface area contributed by atoms with Crippen LogP contribution in [0.15, 0.2) is 18.2 Å². The molecule has 1 heterocycles. The number of aromatic hydroxyl groups is 1. The Bertz CT molecular complexity index is 585. The molecule has 1 aromatic carbocycles. The minimum atomic E-state index is 0.330. The largest absolute Gasteiger partial charge is 0.508 e. The van der Waals surface area contributed by atoms with E-state index in [1.54, 1.807) is 6.07 Å². The summed E-state index contributed by atoms with van der Waals surface area (Å²) in [5.74, 6) is 0.330. The summed E-state index contributed by atoms with van der Waals surface area (Å²) in [5.41, 5.74) is 5.55. The van der Waals surface area contributed by atoms with Crippen LogP contribution < -0.4 is 0 Å². The van der Waals surface area contributed by atoms with Gasteiger partial charge in [0.2, 0.25) is 0 Å². The van der Waals surface area contributed by atoms with Gasteiger partial charge in [0.05, 0.1) is 11.4 Å². The number of phenols is 1. The van der Waals surface area contributed by atoms with Crippen molar-refractivity contribution in [3.63, 3.8) is 0 Å². The van der Waals surface area contributed by atoms with Gasteiger partial charge in [0, 0.05) is 5.69 Å². The number of unbranched alkanes of at least 4 members (excludes halogenated alkanes) is 1. The topological polar surface area (TPSA) is 38.0 Å². The molecule has 102 valence electrons. The van der Waals surface area contributed by atoms with Crippen molar-refractivity contribution in [1.29, 1.82) is 0 Å². The summed E-state index contributed by atoms with van der Waals surface area (Å²) >= 11 is 0. The molecule has 0 spiro atoms. The Hall–Kier alpha value is -1.77. The van der Waals surface area contributed by atoms with Gasteiger partial charge in [0.1, 0.15) is 5.75 Å². The SMILES string of the molecule is CCCCc1c(C)nn(-c2ccc(O)c(C)c2)c1C. The molecule has 3 nitrogen and oxygen atoms in total. The molecule has 0 fully saturated rings. The highest BCUT2D eigenvalue weighted by molar-refractivity contribution is 5.44. The molecule has 1 N–H and O–H groups in total. The van der Waals surface area contributed by atoms with Gasteiger partial charge in [-0.15, -0.1) is 0 Å². The minimum Gasteiger partial charge on any atom is -0.508 e. The van der Waals surface area contributed by atoms with Crippen LogP contribution in [-0.2, 0) is 6.42 Å². The van der Waals surface area contributed by atoms with E-state index in [-0.39, 0.29) is 0 Å². The van der Waals surface area contributed by atoms with Gasteiger partial charge in [0.15, 0.2) is 0 Å². The lowest BCUT2D eigenvalue weighted by molar-refractivity contribution is 0.471. The van der Waals surface area contributed by atoms with Crippen LogP contribution in [-0.4, -0.2) is 14.9 Å². The average Bonchev–Trinajstić information content (AvgIpc) is 2.66. The fourth-order valence-electron chi connectivity index (χ4n) is 2.41. The number of benzene rings is 1. The number of aromatic nitrogens is 2. The first kappa shape index (κ1) is 13.7. The predicted molar refractivity (Wildman–Crippen MR) is 78.1 cm³/mol. The zero-order valence-electron chi connectivity index (χ0n) is 12.2. The van der Waals surface area contributed by atoms with Gasteiger partial charge in [-0.2, -0.15) is 5.10 Å². The van der Waals surface area contributed by atoms with Crippen molar-refractivity contribution in [2.75, 3.05) is 0 Å². The Morgan fingerprint density at radius 2 is 1.95 bits per heavy atom. The Labute approximate surface area is 114 Å². The molecule has 3 heteroatoms. The van der Waals surface area contributed by atoms with E-state index in [0.29, 0.717) is 5.75 Å². The second-order valence-electron chi connectivity index (χ2n) is 5.14. The van der Waals surface area contributed by atoms with Crippen LogP contribution in [0.3, 0.4) is 0 Å². The van der Waals surface area contributed by atoms with Crippen molar-refractivity contribution in [3.05, 3.63) is 40.7 Å². The predicted octanol–water partition coefficient (Wildman–Crippen LogP) is 3.85. The van der Waals surface area contributed by atoms with Crippen molar-refractivity contribution < 1.29 is 5.11 Å². The number of nitrogens with zero attached hydrogens (tertiary/aromatic N) is 2. The van der Waals surface area contributed by atoms with E-state index >= 15 is 0 Å². The Morgan fingerprint density at radius 1 is 1.21 bits per heavy atom. The van der Waals surface area contributed by atoms with Gasteiger partial charge in [-0.05, 0) is 62.9 Å². The highest BCUT2D eigenvalue weighted by Crippen LogP contribution is 2.23. The van der Waals surface area contributed by atoms with Crippen LogP contribution in [0, 0.1) is 20.8 Å². The molecule has 0 aliphatic heterocycles. The smallest absolute Gasteiger partial charge is 0.118 e. The van der Waals surface area contributed by atoms with Crippen molar-refractivity contribution in [1.82, 2.24) is 9.78 Å². The molecular weight excluding hydrogens is 236 g/mol. The third-order valence-corrected chi connectivity index (χ3v) is 3.65. The van der Waals surface area contributed by atoms with Crippen LogP contribution >= 0.6 is 0 Å². The van der Waals surface area contributed by atoms with E-state index < -0.39 is 0 Å². The van der Waals surface area contributed by atoms with E-state index in [1.807, 2.05) is 23.7 Å². The molecule has 0 radical (unpaired) electrons. The van der Waals surface area contributed by atoms with Crippen LogP contribution in [0.5, 0.6) is 5.75 Å². The summed E-state index contributed by atoms with van der Waals surface area (Å²) in [6, 6.07) is 5.61. The lowest BCUT2D eigenvalue weighted by Gasteiger charge is -2.07. The molecule has 0 bridgehead atoms. The summed E-state index contributed by atoms with van der Waals surface area (Å²) < 4.78 is 1.98. The maximum atomic E-state index is 9.61. The Morgan fingerprint density at radius 3 is 2.58 bits per heavy atom. The van der Waals surface area contributed by atoms with Gasteiger partial charge in [-0.3, -0.25) is 0 Å². The quantitative estimate of drug-likeness (QED) is 0.904.